The second-order valence-corrected chi connectivity index (χ2v) is 11.0. The second kappa shape index (κ2) is 13.1. The van der Waals surface area contributed by atoms with Gasteiger partial charge in [0.25, 0.3) is 5.91 Å². The van der Waals surface area contributed by atoms with E-state index < -0.39 is 47.3 Å². The lowest BCUT2D eigenvalue weighted by molar-refractivity contribution is -0.136. The first kappa shape index (κ1) is 30.9. The number of anilines is 1. The van der Waals surface area contributed by atoms with Crippen LogP contribution < -0.4 is 20.1 Å². The van der Waals surface area contributed by atoms with Crippen molar-refractivity contribution in [2.45, 2.75) is 51.0 Å². The Morgan fingerprint density at radius 3 is 2.61 bits per heavy atom. The molecule has 0 radical (unpaired) electrons. The number of nitrogens with one attached hydrogen (secondary N) is 2. The van der Waals surface area contributed by atoms with Gasteiger partial charge < -0.3 is 23.8 Å². The van der Waals surface area contributed by atoms with Crippen LogP contribution in [-0.2, 0) is 32.2 Å². The Morgan fingerprint density at radius 2 is 1.87 bits per heavy atom. The van der Waals surface area contributed by atoms with E-state index in [4.69, 9.17) is 18.9 Å². The molecule has 14 heteroatoms. The molecule has 3 aliphatic rings. The van der Waals surface area contributed by atoms with Gasteiger partial charge in [0.2, 0.25) is 11.8 Å². The fraction of sp³-hybridized carbons (Fsp3) is 0.312. The van der Waals surface area contributed by atoms with Crippen LogP contribution in [0.3, 0.4) is 0 Å². The molecule has 4 amide bonds. The predicted octanol–water partition coefficient (Wildman–Crippen LogP) is 4.96. The number of halogens is 3. The van der Waals surface area contributed by atoms with Gasteiger partial charge in [-0.3, -0.25) is 25.0 Å². The van der Waals surface area contributed by atoms with Crippen LogP contribution >= 0.6 is 0 Å². The van der Waals surface area contributed by atoms with Crippen molar-refractivity contribution in [3.8, 4) is 17.2 Å². The summed E-state index contributed by atoms with van der Waals surface area (Å²) in [6.45, 7) is 0.660. The first-order chi connectivity index (χ1) is 22.2. The summed E-state index contributed by atoms with van der Waals surface area (Å²) in [4.78, 5) is 51.9. The third-order valence-electron chi connectivity index (χ3n) is 7.79. The van der Waals surface area contributed by atoms with Crippen molar-refractivity contribution in [1.82, 2.24) is 10.2 Å². The molecule has 2 atom stereocenters. The summed E-state index contributed by atoms with van der Waals surface area (Å²) >= 11 is 0. The molecule has 1 unspecified atom stereocenters. The Hall–Kier alpha value is -5.11. The van der Waals surface area contributed by atoms with Crippen molar-refractivity contribution in [2.75, 3.05) is 18.5 Å². The molecule has 6 rings (SSSR count). The molecule has 2 saturated heterocycles. The number of fused-ring (bicyclic) bond motifs is 1. The van der Waals surface area contributed by atoms with E-state index in [1.807, 2.05) is 0 Å². The van der Waals surface area contributed by atoms with Gasteiger partial charge in [0.05, 0.1) is 17.9 Å². The van der Waals surface area contributed by atoms with Crippen LogP contribution in [0.25, 0.3) is 0 Å². The van der Waals surface area contributed by atoms with E-state index in [2.05, 4.69) is 10.6 Å². The van der Waals surface area contributed by atoms with Crippen molar-refractivity contribution in [3.63, 3.8) is 0 Å². The molecule has 0 spiro atoms. The van der Waals surface area contributed by atoms with Crippen LogP contribution in [0.4, 0.5) is 23.7 Å². The second-order valence-electron chi connectivity index (χ2n) is 11.0. The highest BCUT2D eigenvalue weighted by molar-refractivity contribution is 6.06. The summed E-state index contributed by atoms with van der Waals surface area (Å²) in [5.41, 5.74) is 0.954. The van der Waals surface area contributed by atoms with Crippen molar-refractivity contribution < 1.29 is 51.3 Å². The van der Waals surface area contributed by atoms with Gasteiger partial charge in [-0.25, -0.2) is 18.0 Å². The van der Waals surface area contributed by atoms with Crippen molar-refractivity contribution >= 4 is 29.5 Å². The number of carbonyl (C=O) groups excluding carboxylic acids is 4. The van der Waals surface area contributed by atoms with E-state index in [0.717, 1.165) is 24.6 Å². The minimum Gasteiger partial charge on any atom is -0.487 e. The Morgan fingerprint density at radius 1 is 1.02 bits per heavy atom. The molecule has 11 nitrogen and oxygen atoms in total. The van der Waals surface area contributed by atoms with Crippen molar-refractivity contribution in [2.24, 2.45) is 0 Å². The van der Waals surface area contributed by atoms with Gasteiger partial charge in [-0.05, 0) is 49.1 Å². The molecule has 2 fully saturated rings. The zero-order valence-corrected chi connectivity index (χ0v) is 24.3. The van der Waals surface area contributed by atoms with Crippen LogP contribution in [0, 0.1) is 17.5 Å². The van der Waals surface area contributed by atoms with Gasteiger partial charge in [0, 0.05) is 37.3 Å². The van der Waals surface area contributed by atoms with Gasteiger partial charge in [0.1, 0.15) is 36.1 Å². The number of rotatable bonds is 8. The van der Waals surface area contributed by atoms with Gasteiger partial charge in [0.15, 0.2) is 17.4 Å². The average molecular weight is 640 g/mol. The molecule has 0 aromatic heterocycles. The highest BCUT2D eigenvalue weighted by atomic mass is 19.1. The Labute approximate surface area is 260 Å². The number of benzene rings is 3. The van der Waals surface area contributed by atoms with E-state index >= 15 is 0 Å². The molecule has 2 N–H and O–H groups in total. The topological polar surface area (TPSA) is 132 Å². The Kier molecular flexibility index (Phi) is 8.79. The molecule has 3 aromatic carbocycles. The first-order valence-electron chi connectivity index (χ1n) is 14.6. The number of hydrogen-bond acceptors (Lipinski definition) is 8. The van der Waals surface area contributed by atoms with Gasteiger partial charge in [-0.15, -0.1) is 0 Å². The monoisotopic (exact) mass is 639 g/mol. The third-order valence-corrected chi connectivity index (χ3v) is 7.79. The highest BCUT2D eigenvalue weighted by Crippen LogP contribution is 2.38. The van der Waals surface area contributed by atoms with Crippen LogP contribution in [-0.4, -0.2) is 54.1 Å². The molecule has 3 aliphatic heterocycles. The molecule has 46 heavy (non-hydrogen) atoms. The van der Waals surface area contributed by atoms with Crippen LogP contribution in [0.1, 0.15) is 47.2 Å². The molecule has 240 valence electrons. The molecule has 0 saturated carbocycles. The van der Waals surface area contributed by atoms with Gasteiger partial charge in [-0.2, -0.15) is 0 Å². The highest BCUT2D eigenvalue weighted by Gasteiger charge is 2.41. The minimum atomic E-state index is -1.01. The average Bonchev–Trinajstić information content (AvgIpc) is 3.36. The number of ether oxygens (including phenoxy) is 4. The first-order valence-corrected chi connectivity index (χ1v) is 14.6. The van der Waals surface area contributed by atoms with Gasteiger partial charge in [-0.1, -0.05) is 12.1 Å². The summed E-state index contributed by atoms with van der Waals surface area (Å²) in [6.07, 6.45) is 0.335. The summed E-state index contributed by atoms with van der Waals surface area (Å²) in [6, 6.07) is 8.56. The molecule has 3 aromatic rings. The lowest BCUT2D eigenvalue weighted by atomic mass is 10.0. The van der Waals surface area contributed by atoms with E-state index in [0.29, 0.717) is 36.8 Å². The third kappa shape index (κ3) is 6.61. The van der Waals surface area contributed by atoms with E-state index in [1.54, 1.807) is 12.1 Å². The summed E-state index contributed by atoms with van der Waals surface area (Å²) < 4.78 is 64.3. The van der Waals surface area contributed by atoms with E-state index in [1.165, 1.54) is 17.0 Å². The maximum Gasteiger partial charge on any atom is 0.412 e. The number of imide groups is 1. The van der Waals surface area contributed by atoms with E-state index in [-0.39, 0.29) is 60.6 Å². The summed E-state index contributed by atoms with van der Waals surface area (Å²) in [5, 5.41) is 4.56. The number of nitrogens with zero attached hydrogens (tertiary/aromatic N) is 1. The zero-order chi connectivity index (χ0) is 32.4. The van der Waals surface area contributed by atoms with Gasteiger partial charge >= 0.3 is 6.09 Å². The standard InChI is InChI=1S/C32H28F3N3O8/c33-19-5-9-26(23(35)12-19)45-20-6-7-24(22(34)13-20)36-32(42)44-15-18-4-3-17-14-38(25-8-10-27(39)37-30(25)40)31(41)28(17)29(18)46-21-2-1-11-43-16-21/h3-7,9,12-13,21,25H,1-2,8,10-11,14-16H2,(H,36,42)(H,37,39,40)/t21-,25?/m1/s1. The number of piperidine rings is 1. The fourth-order valence-corrected chi connectivity index (χ4v) is 5.52. The summed E-state index contributed by atoms with van der Waals surface area (Å²) in [5.74, 6) is -4.27. The molecule has 3 heterocycles. The maximum atomic E-state index is 14.8. The van der Waals surface area contributed by atoms with Crippen LogP contribution in [0.2, 0.25) is 0 Å². The molecule has 0 aliphatic carbocycles. The Bertz CT molecular complexity index is 1710. The van der Waals surface area contributed by atoms with E-state index in [9.17, 15) is 32.3 Å². The SMILES string of the molecule is O=C1CCC(N2Cc3ccc(COC(=O)Nc4ccc(Oc5ccc(F)cc5F)cc4F)c(O[C@@H]4CCCOC4)c3C2=O)C(=O)N1. The number of hydrogen-bond donors (Lipinski definition) is 2. The molecular formula is C32H28F3N3O8. The molecular weight excluding hydrogens is 611 g/mol. The fourth-order valence-electron chi connectivity index (χ4n) is 5.52. The number of amides is 4. The maximum absolute atomic E-state index is 14.8. The lowest BCUT2D eigenvalue weighted by Gasteiger charge is -2.29. The predicted molar refractivity (Wildman–Crippen MR) is 154 cm³/mol. The molecule has 0 bridgehead atoms. The quantitative estimate of drug-likeness (QED) is 0.331. The van der Waals surface area contributed by atoms with Crippen molar-refractivity contribution in [3.05, 3.63) is 82.7 Å². The minimum absolute atomic E-state index is 0.0930. The zero-order valence-electron chi connectivity index (χ0n) is 24.3. The lowest BCUT2D eigenvalue weighted by Crippen LogP contribution is -2.52. The smallest absolute Gasteiger partial charge is 0.412 e. The number of carbonyl (C=O) groups is 4. The Balaban J connectivity index is 1.16. The van der Waals surface area contributed by atoms with Crippen LogP contribution in [0.15, 0.2) is 48.5 Å². The normalized spacial score (nSPS) is 19.4. The van der Waals surface area contributed by atoms with Crippen LogP contribution in [0.5, 0.6) is 17.2 Å². The summed E-state index contributed by atoms with van der Waals surface area (Å²) in [7, 11) is 0. The largest absolute Gasteiger partial charge is 0.487 e. The van der Waals surface area contributed by atoms with Crippen molar-refractivity contribution in [1.29, 1.82) is 0 Å².